The second-order valence-electron chi connectivity index (χ2n) is 8.80. The molecule has 0 spiro atoms. The molecule has 2 atom stereocenters. The maximum absolute atomic E-state index is 12.8. The van der Waals surface area contributed by atoms with Crippen molar-refractivity contribution in [3.05, 3.63) is 37.7 Å². The molecule has 0 aliphatic carbocycles. The van der Waals surface area contributed by atoms with Gasteiger partial charge in [-0.3, -0.25) is 23.9 Å². The maximum atomic E-state index is 12.8. The molecule has 1 saturated heterocycles. The number of morpholine rings is 1. The van der Waals surface area contributed by atoms with Gasteiger partial charge in [0.25, 0.3) is 11.5 Å². The second kappa shape index (κ2) is 12.9. The molecular weight excluding hydrogens is 539 g/mol. The molecule has 3 rings (SSSR count). The number of aromatic nitrogens is 2. The monoisotopic (exact) mass is 567 g/mol. The van der Waals surface area contributed by atoms with Crippen LogP contribution < -0.4 is 30.7 Å². The molecule has 2 aromatic heterocycles. The summed E-state index contributed by atoms with van der Waals surface area (Å²) in [7, 11) is 0. The fourth-order valence-electron chi connectivity index (χ4n) is 3.98. The Balaban J connectivity index is 1.78. The number of thiazole rings is 1. The van der Waals surface area contributed by atoms with Gasteiger partial charge in [0.05, 0.1) is 18.8 Å². The summed E-state index contributed by atoms with van der Waals surface area (Å²) in [6.45, 7) is 5.40. The van der Waals surface area contributed by atoms with Gasteiger partial charge in [-0.15, -0.1) is 11.3 Å². The highest BCUT2D eigenvalue weighted by Gasteiger charge is 2.29. The largest absolute Gasteiger partial charge is 0.405 e. The van der Waals surface area contributed by atoms with Crippen LogP contribution in [0, 0.1) is 11.3 Å². The van der Waals surface area contributed by atoms with Crippen molar-refractivity contribution in [2.45, 2.75) is 45.7 Å². The van der Waals surface area contributed by atoms with E-state index in [9.17, 15) is 32.8 Å². The molecule has 1 fully saturated rings. The molecule has 0 bridgehead atoms. The summed E-state index contributed by atoms with van der Waals surface area (Å²) in [5.41, 5.74) is -1.14. The van der Waals surface area contributed by atoms with Crippen LogP contribution in [0.1, 0.15) is 20.8 Å². The van der Waals surface area contributed by atoms with E-state index in [1.807, 2.05) is 18.7 Å². The van der Waals surface area contributed by atoms with E-state index in [-0.39, 0.29) is 46.2 Å². The van der Waals surface area contributed by atoms with E-state index in [4.69, 9.17) is 4.74 Å². The maximum Gasteiger partial charge on any atom is 0.405 e. The summed E-state index contributed by atoms with van der Waals surface area (Å²) in [6, 6.07) is 6.45. The number of ether oxygens (including phenoxy) is 1. The first-order valence-electron chi connectivity index (χ1n) is 12.0. The quantitative estimate of drug-likeness (QED) is 0.421. The second-order valence-corrected chi connectivity index (χ2v) is 9.83. The minimum absolute atomic E-state index is 0.0221. The van der Waals surface area contributed by atoms with Crippen molar-refractivity contribution in [1.29, 1.82) is 5.26 Å². The molecule has 210 valence electrons. The van der Waals surface area contributed by atoms with Gasteiger partial charge >= 0.3 is 6.18 Å². The van der Waals surface area contributed by atoms with Crippen molar-refractivity contribution in [2.75, 3.05) is 36.8 Å². The number of carbonyl (C=O) groups excluding carboxylic acids is 2. The van der Waals surface area contributed by atoms with Gasteiger partial charge in [0, 0.05) is 25.8 Å². The average Bonchev–Trinajstić information content (AvgIpc) is 3.15. The number of pyridine rings is 1. The van der Waals surface area contributed by atoms with E-state index in [2.05, 4.69) is 15.6 Å². The molecule has 2 amide bonds. The number of hydrogen-bond acceptors (Lipinski definition) is 9. The zero-order valence-electron chi connectivity index (χ0n) is 21.5. The van der Waals surface area contributed by atoms with E-state index in [0.29, 0.717) is 18.9 Å². The molecule has 0 aromatic carbocycles. The smallest absolute Gasteiger partial charge is 0.373 e. The third kappa shape index (κ3) is 8.37. The summed E-state index contributed by atoms with van der Waals surface area (Å²) in [6.07, 6.45) is -3.29. The SMILES string of the molecule is CCn1c(=O)/c(=C\Nc2cccc(NC(=O)CN3CC(C)OC(C)C3)n2)s/c1=C(/C#N)C(=O)NCC(F)(F)F. The Kier molecular flexibility index (Phi) is 9.84. The zero-order valence-corrected chi connectivity index (χ0v) is 22.3. The van der Waals surface area contributed by atoms with E-state index >= 15 is 0 Å². The molecule has 39 heavy (non-hydrogen) atoms. The molecule has 15 heteroatoms. The fourth-order valence-corrected chi connectivity index (χ4v) is 5.07. The van der Waals surface area contributed by atoms with Crippen LogP contribution in [0.5, 0.6) is 0 Å². The van der Waals surface area contributed by atoms with Gasteiger partial charge < -0.3 is 20.7 Å². The Morgan fingerprint density at radius 3 is 2.54 bits per heavy atom. The summed E-state index contributed by atoms with van der Waals surface area (Å²) >= 11 is 0.776. The van der Waals surface area contributed by atoms with Gasteiger partial charge in [-0.1, -0.05) is 6.07 Å². The number of rotatable bonds is 8. The number of nitrogens with one attached hydrogen (secondary N) is 3. The lowest BCUT2D eigenvalue weighted by molar-refractivity contribution is -0.135. The number of hydrogen-bond donors (Lipinski definition) is 3. The van der Waals surface area contributed by atoms with Crippen molar-refractivity contribution in [2.24, 2.45) is 0 Å². The minimum Gasteiger partial charge on any atom is -0.373 e. The first-order valence-corrected chi connectivity index (χ1v) is 12.8. The van der Waals surface area contributed by atoms with Crippen LogP contribution in [0.3, 0.4) is 0 Å². The first kappa shape index (κ1) is 29.8. The Hall–Kier alpha value is -3.74. The predicted molar refractivity (Wildman–Crippen MR) is 139 cm³/mol. The average molecular weight is 568 g/mol. The van der Waals surface area contributed by atoms with Crippen molar-refractivity contribution < 1.29 is 27.5 Å². The fraction of sp³-hybridized carbons (Fsp3) is 0.458. The van der Waals surface area contributed by atoms with Crippen molar-refractivity contribution in [3.8, 4) is 6.07 Å². The normalized spacial score (nSPS) is 19.3. The zero-order chi connectivity index (χ0) is 28.7. The highest BCUT2D eigenvalue weighted by Crippen LogP contribution is 2.13. The van der Waals surface area contributed by atoms with Crippen LogP contribution in [0.25, 0.3) is 11.8 Å². The molecule has 2 unspecified atom stereocenters. The highest BCUT2D eigenvalue weighted by atomic mass is 32.1. The Bertz CT molecular complexity index is 1420. The van der Waals surface area contributed by atoms with Crippen LogP contribution in [0.4, 0.5) is 24.8 Å². The van der Waals surface area contributed by atoms with Crippen LogP contribution >= 0.6 is 11.3 Å². The first-order chi connectivity index (χ1) is 18.4. The predicted octanol–water partition coefficient (Wildman–Crippen LogP) is 0.575. The highest BCUT2D eigenvalue weighted by molar-refractivity contribution is 7.07. The summed E-state index contributed by atoms with van der Waals surface area (Å²) in [4.78, 5) is 43.9. The molecular formula is C24H28F3N7O4S. The van der Waals surface area contributed by atoms with E-state index in [1.165, 1.54) is 6.20 Å². The van der Waals surface area contributed by atoms with Gasteiger partial charge in [0.2, 0.25) is 5.91 Å². The Labute approximate surface area is 225 Å². The molecule has 0 radical (unpaired) electrons. The molecule has 3 N–H and O–H groups in total. The Morgan fingerprint density at radius 2 is 1.92 bits per heavy atom. The minimum atomic E-state index is -4.65. The lowest BCUT2D eigenvalue weighted by Crippen LogP contribution is -2.48. The van der Waals surface area contributed by atoms with E-state index in [1.54, 1.807) is 36.5 Å². The van der Waals surface area contributed by atoms with Crippen molar-refractivity contribution >= 4 is 46.6 Å². The van der Waals surface area contributed by atoms with Gasteiger partial charge in [0.1, 0.15) is 33.4 Å². The summed E-state index contributed by atoms with van der Waals surface area (Å²) in [5, 5.41) is 16.7. The lowest BCUT2D eigenvalue weighted by Gasteiger charge is -2.34. The topological polar surface area (TPSA) is 141 Å². The van der Waals surface area contributed by atoms with E-state index < -0.39 is 29.8 Å². The summed E-state index contributed by atoms with van der Waals surface area (Å²) < 4.78 is 44.3. The molecule has 1 aliphatic rings. The summed E-state index contributed by atoms with van der Waals surface area (Å²) in [5.74, 6) is -0.899. The van der Waals surface area contributed by atoms with Gasteiger partial charge in [-0.25, -0.2) is 4.98 Å². The third-order valence-corrected chi connectivity index (χ3v) is 6.59. The third-order valence-electron chi connectivity index (χ3n) is 5.46. The number of nitrogens with zero attached hydrogens (tertiary/aromatic N) is 4. The van der Waals surface area contributed by atoms with Crippen LogP contribution in [0.15, 0.2) is 23.0 Å². The van der Waals surface area contributed by atoms with Gasteiger partial charge in [0.15, 0.2) is 5.57 Å². The van der Waals surface area contributed by atoms with Crippen LogP contribution in [0.2, 0.25) is 0 Å². The van der Waals surface area contributed by atoms with Crippen LogP contribution in [-0.2, 0) is 20.9 Å². The van der Waals surface area contributed by atoms with Crippen molar-refractivity contribution in [1.82, 2.24) is 19.8 Å². The van der Waals surface area contributed by atoms with Gasteiger partial charge in [-0.05, 0) is 32.9 Å². The molecule has 3 heterocycles. The number of alkyl halides is 3. The molecule has 0 saturated carbocycles. The number of nitriles is 1. The van der Waals surface area contributed by atoms with Crippen LogP contribution in [-0.4, -0.2) is 70.8 Å². The van der Waals surface area contributed by atoms with E-state index in [0.717, 1.165) is 15.9 Å². The molecule has 1 aliphatic heterocycles. The standard InChI is InChI=1S/C24H28F3N7O4S/c1-4-34-22(37)17(39-23(34)16(8-28)21(36)30-13-24(25,26)27)9-29-18-6-5-7-19(31-18)32-20(35)12-33-10-14(2)38-15(3)11-33/h5-7,9,14-15H,4,10-13H2,1-3H3,(H,30,36)(H2,29,31,32,35)/b17-9+,23-16-. The number of amides is 2. The molecule has 2 aromatic rings. The molecule has 11 nitrogen and oxygen atoms in total. The van der Waals surface area contributed by atoms with Crippen molar-refractivity contribution in [3.63, 3.8) is 0 Å². The number of anilines is 2. The van der Waals surface area contributed by atoms with Gasteiger partial charge in [-0.2, -0.15) is 18.4 Å². The number of halogens is 3. The Morgan fingerprint density at radius 1 is 1.26 bits per heavy atom. The lowest BCUT2D eigenvalue weighted by atomic mass is 10.2. The number of carbonyl (C=O) groups is 2.